The summed E-state index contributed by atoms with van der Waals surface area (Å²) in [4.78, 5) is 28.9. The summed E-state index contributed by atoms with van der Waals surface area (Å²) in [6.45, 7) is 2.08. The number of nitrogens with two attached hydrogens (primary N) is 1. The molecule has 0 saturated heterocycles. The van der Waals surface area contributed by atoms with E-state index >= 15 is 0 Å². The van der Waals surface area contributed by atoms with Crippen molar-refractivity contribution in [3.63, 3.8) is 0 Å². The number of rotatable bonds is 6. The first kappa shape index (κ1) is 16.7. The average Bonchev–Trinajstić information content (AvgIpc) is 2.98. The van der Waals surface area contributed by atoms with Crippen LogP contribution in [0.1, 0.15) is 24.4 Å². The molecule has 1 atom stereocenters. The largest absolute Gasteiger partial charge is 0.368 e. The van der Waals surface area contributed by atoms with Crippen molar-refractivity contribution in [3.05, 3.63) is 66.0 Å². The number of nitrogens with zero attached hydrogens (tertiary/aromatic N) is 2. The van der Waals surface area contributed by atoms with Gasteiger partial charge in [-0.3, -0.25) is 9.59 Å². The van der Waals surface area contributed by atoms with Crippen LogP contribution in [0.4, 0.5) is 0 Å². The molecule has 128 valence electrons. The molecule has 1 heterocycles. The maximum atomic E-state index is 12.5. The van der Waals surface area contributed by atoms with E-state index in [2.05, 4.69) is 10.3 Å². The predicted octanol–water partition coefficient (Wildman–Crippen LogP) is 1.94. The number of para-hydroxylation sites is 2. The van der Waals surface area contributed by atoms with Crippen LogP contribution < -0.4 is 11.1 Å². The first-order chi connectivity index (χ1) is 12.1. The maximum absolute atomic E-state index is 12.5. The number of benzene rings is 2. The Bertz CT molecular complexity index is 902. The van der Waals surface area contributed by atoms with Gasteiger partial charge in [-0.15, -0.1) is 0 Å². The molecule has 0 aliphatic carbocycles. The van der Waals surface area contributed by atoms with Crippen molar-refractivity contribution >= 4 is 22.8 Å². The molecule has 3 rings (SSSR count). The lowest BCUT2D eigenvalue weighted by Gasteiger charge is -2.17. The number of primary amides is 1. The first-order valence-electron chi connectivity index (χ1n) is 8.18. The summed E-state index contributed by atoms with van der Waals surface area (Å²) in [5.41, 5.74) is 7.87. The number of carbonyl (C=O) groups is 2. The summed E-state index contributed by atoms with van der Waals surface area (Å²) in [7, 11) is 0. The van der Waals surface area contributed by atoms with E-state index in [1.165, 1.54) is 0 Å². The van der Waals surface area contributed by atoms with Crippen LogP contribution in [0, 0.1) is 0 Å². The molecule has 0 aliphatic rings. The second kappa shape index (κ2) is 7.17. The Kier molecular flexibility index (Phi) is 4.79. The molecule has 0 saturated carbocycles. The van der Waals surface area contributed by atoms with Crippen molar-refractivity contribution in [1.82, 2.24) is 14.9 Å². The Morgan fingerprint density at radius 2 is 1.80 bits per heavy atom. The number of fused-ring (bicyclic) bond motifs is 1. The second-order valence-electron chi connectivity index (χ2n) is 5.77. The number of aryl methyl sites for hydroxylation is 1. The van der Waals surface area contributed by atoms with Crippen LogP contribution in [0.2, 0.25) is 0 Å². The van der Waals surface area contributed by atoms with Gasteiger partial charge in [-0.05, 0) is 17.7 Å². The highest BCUT2D eigenvalue weighted by Crippen LogP contribution is 2.17. The number of amides is 2. The van der Waals surface area contributed by atoms with Gasteiger partial charge < -0.3 is 15.6 Å². The quantitative estimate of drug-likeness (QED) is 0.721. The molecule has 0 radical (unpaired) electrons. The summed E-state index contributed by atoms with van der Waals surface area (Å²) in [6.07, 6.45) is 0.708. The van der Waals surface area contributed by atoms with Crippen LogP contribution in [0.5, 0.6) is 0 Å². The van der Waals surface area contributed by atoms with E-state index in [9.17, 15) is 9.59 Å². The van der Waals surface area contributed by atoms with E-state index in [0.29, 0.717) is 12.0 Å². The molecule has 0 bridgehead atoms. The van der Waals surface area contributed by atoms with Gasteiger partial charge in [0.25, 0.3) is 0 Å². The number of aromatic nitrogens is 2. The summed E-state index contributed by atoms with van der Waals surface area (Å²) in [6, 6.07) is 15.8. The highest BCUT2D eigenvalue weighted by atomic mass is 16.2. The Morgan fingerprint density at radius 3 is 2.48 bits per heavy atom. The van der Waals surface area contributed by atoms with Gasteiger partial charge in [-0.2, -0.15) is 0 Å². The Balaban J connectivity index is 1.84. The monoisotopic (exact) mass is 336 g/mol. The SMILES string of the molecule is CCc1nc2ccccc2n1CC(=O)NC(C(N)=O)c1ccccc1. The zero-order valence-corrected chi connectivity index (χ0v) is 14.0. The van der Waals surface area contributed by atoms with Crippen molar-refractivity contribution in [2.24, 2.45) is 5.73 Å². The van der Waals surface area contributed by atoms with Crippen molar-refractivity contribution in [1.29, 1.82) is 0 Å². The zero-order chi connectivity index (χ0) is 17.8. The minimum absolute atomic E-state index is 0.0836. The van der Waals surface area contributed by atoms with Crippen molar-refractivity contribution in [3.8, 4) is 0 Å². The van der Waals surface area contributed by atoms with Crippen LogP contribution in [0.3, 0.4) is 0 Å². The Hall–Kier alpha value is -3.15. The lowest BCUT2D eigenvalue weighted by Crippen LogP contribution is -2.39. The number of imidazole rings is 1. The summed E-state index contributed by atoms with van der Waals surface area (Å²) in [5, 5.41) is 2.72. The van der Waals surface area contributed by atoms with E-state index in [4.69, 9.17) is 5.73 Å². The lowest BCUT2D eigenvalue weighted by atomic mass is 10.1. The summed E-state index contributed by atoms with van der Waals surface area (Å²) >= 11 is 0. The summed E-state index contributed by atoms with van der Waals surface area (Å²) in [5.74, 6) is -0.0528. The van der Waals surface area contributed by atoms with Gasteiger partial charge in [0.2, 0.25) is 11.8 Å². The third-order valence-corrected chi connectivity index (χ3v) is 4.07. The highest BCUT2D eigenvalue weighted by Gasteiger charge is 2.21. The minimum Gasteiger partial charge on any atom is -0.368 e. The van der Waals surface area contributed by atoms with Crippen LogP contribution in [0.25, 0.3) is 11.0 Å². The summed E-state index contributed by atoms with van der Waals surface area (Å²) < 4.78 is 1.87. The normalized spacial score (nSPS) is 12.0. The fourth-order valence-corrected chi connectivity index (χ4v) is 2.89. The number of hydrogen-bond acceptors (Lipinski definition) is 3. The van der Waals surface area contributed by atoms with Gasteiger partial charge in [-0.25, -0.2) is 4.98 Å². The zero-order valence-electron chi connectivity index (χ0n) is 14.0. The molecule has 2 aromatic carbocycles. The highest BCUT2D eigenvalue weighted by molar-refractivity contribution is 5.88. The third-order valence-electron chi connectivity index (χ3n) is 4.07. The molecule has 3 aromatic rings. The van der Waals surface area contributed by atoms with E-state index in [-0.39, 0.29) is 12.5 Å². The maximum Gasteiger partial charge on any atom is 0.244 e. The molecule has 3 N–H and O–H groups in total. The van der Waals surface area contributed by atoms with Crippen LogP contribution >= 0.6 is 0 Å². The first-order valence-corrected chi connectivity index (χ1v) is 8.18. The van der Waals surface area contributed by atoms with Crippen molar-refractivity contribution in [2.45, 2.75) is 25.9 Å². The third kappa shape index (κ3) is 3.52. The Morgan fingerprint density at radius 1 is 1.12 bits per heavy atom. The van der Waals surface area contributed by atoms with Gasteiger partial charge in [0.15, 0.2) is 0 Å². The van der Waals surface area contributed by atoms with Gasteiger partial charge in [0.05, 0.1) is 11.0 Å². The molecular weight excluding hydrogens is 316 g/mol. The molecule has 25 heavy (non-hydrogen) atoms. The van der Waals surface area contributed by atoms with Gasteiger partial charge in [0.1, 0.15) is 18.4 Å². The average molecular weight is 336 g/mol. The smallest absolute Gasteiger partial charge is 0.244 e. The van der Waals surface area contributed by atoms with E-state index < -0.39 is 11.9 Å². The number of hydrogen-bond donors (Lipinski definition) is 2. The number of nitrogens with one attached hydrogen (secondary N) is 1. The molecule has 0 fully saturated rings. The topological polar surface area (TPSA) is 90.0 Å². The van der Waals surface area contributed by atoms with Gasteiger partial charge in [0, 0.05) is 6.42 Å². The molecule has 0 spiro atoms. The lowest BCUT2D eigenvalue weighted by molar-refractivity contribution is -0.127. The molecule has 6 nitrogen and oxygen atoms in total. The molecule has 6 heteroatoms. The second-order valence-corrected chi connectivity index (χ2v) is 5.77. The fourth-order valence-electron chi connectivity index (χ4n) is 2.89. The molecule has 1 unspecified atom stereocenters. The van der Waals surface area contributed by atoms with Crippen LogP contribution in [0.15, 0.2) is 54.6 Å². The van der Waals surface area contributed by atoms with E-state index in [0.717, 1.165) is 16.9 Å². The molecular formula is C19H20N4O2. The molecule has 2 amide bonds. The van der Waals surface area contributed by atoms with Crippen molar-refractivity contribution < 1.29 is 9.59 Å². The van der Waals surface area contributed by atoms with Gasteiger partial charge >= 0.3 is 0 Å². The van der Waals surface area contributed by atoms with E-state index in [1.54, 1.807) is 24.3 Å². The van der Waals surface area contributed by atoms with Crippen LogP contribution in [-0.4, -0.2) is 21.4 Å². The fraction of sp³-hybridized carbons (Fsp3) is 0.211. The molecule has 1 aromatic heterocycles. The minimum atomic E-state index is -0.853. The van der Waals surface area contributed by atoms with Crippen LogP contribution in [-0.2, 0) is 22.6 Å². The van der Waals surface area contributed by atoms with Gasteiger partial charge in [-0.1, -0.05) is 49.4 Å². The predicted molar refractivity (Wildman–Crippen MR) is 95.6 cm³/mol. The van der Waals surface area contributed by atoms with E-state index in [1.807, 2.05) is 41.8 Å². The standard InChI is InChI=1S/C19H20N4O2/c1-2-16-21-14-10-6-7-11-15(14)23(16)12-17(24)22-18(19(20)25)13-8-4-3-5-9-13/h3-11,18H,2,12H2,1H3,(H2,20,25)(H,22,24). The number of carbonyl (C=O) groups excluding carboxylic acids is 2. The Labute approximate surface area is 145 Å². The molecule has 0 aliphatic heterocycles. The van der Waals surface area contributed by atoms with Crippen molar-refractivity contribution in [2.75, 3.05) is 0 Å².